The number of hydrogen-bond donors (Lipinski definition) is 0. The Morgan fingerprint density at radius 2 is 1.96 bits per heavy atom. The molecule has 3 heterocycles. The molecule has 0 aliphatic carbocycles. The molecule has 0 spiro atoms. The minimum atomic E-state index is 0.138. The molecule has 1 aromatic heterocycles. The van der Waals surface area contributed by atoms with Crippen LogP contribution in [0.2, 0.25) is 0 Å². The van der Waals surface area contributed by atoms with Crippen molar-refractivity contribution in [3.05, 3.63) is 76.0 Å². The summed E-state index contributed by atoms with van der Waals surface area (Å²) in [6.07, 6.45) is 2.02. The van der Waals surface area contributed by atoms with Crippen molar-refractivity contribution in [2.75, 3.05) is 19.7 Å². The van der Waals surface area contributed by atoms with Gasteiger partial charge in [0.15, 0.2) is 0 Å². The Morgan fingerprint density at radius 3 is 2.78 bits per heavy atom. The van der Waals surface area contributed by atoms with Crippen molar-refractivity contribution in [2.45, 2.75) is 18.8 Å². The van der Waals surface area contributed by atoms with Crippen molar-refractivity contribution < 1.29 is 9.53 Å². The van der Waals surface area contributed by atoms with E-state index in [1.165, 1.54) is 16.7 Å². The molecular formula is C23H21NO2S. The van der Waals surface area contributed by atoms with E-state index in [2.05, 4.69) is 35.0 Å². The van der Waals surface area contributed by atoms with Gasteiger partial charge < -0.3 is 9.64 Å². The van der Waals surface area contributed by atoms with Gasteiger partial charge in [-0.25, -0.2) is 0 Å². The Kier molecular flexibility index (Phi) is 4.21. The molecule has 4 heteroatoms. The minimum absolute atomic E-state index is 0.138. The van der Waals surface area contributed by atoms with Crippen molar-refractivity contribution in [3.63, 3.8) is 0 Å². The zero-order valence-corrected chi connectivity index (χ0v) is 15.9. The maximum atomic E-state index is 12.9. The summed E-state index contributed by atoms with van der Waals surface area (Å²) in [4.78, 5) is 14.9. The normalized spacial score (nSPS) is 18.4. The van der Waals surface area contributed by atoms with Gasteiger partial charge in [0.1, 0.15) is 5.75 Å². The van der Waals surface area contributed by atoms with Gasteiger partial charge >= 0.3 is 0 Å². The summed E-state index contributed by atoms with van der Waals surface area (Å²) >= 11 is 1.69. The van der Waals surface area contributed by atoms with E-state index in [1.54, 1.807) is 11.3 Å². The van der Waals surface area contributed by atoms with Crippen LogP contribution in [0.1, 0.15) is 33.8 Å². The lowest BCUT2D eigenvalue weighted by atomic mass is 9.96. The number of hydrogen-bond acceptors (Lipinski definition) is 3. The smallest absolute Gasteiger partial charge is 0.253 e. The molecule has 27 heavy (non-hydrogen) atoms. The monoisotopic (exact) mass is 375 g/mol. The molecule has 136 valence electrons. The molecule has 1 amide bonds. The number of nitrogens with zero attached hydrogens (tertiary/aromatic N) is 1. The molecular weight excluding hydrogens is 354 g/mol. The summed E-state index contributed by atoms with van der Waals surface area (Å²) in [5.74, 6) is 1.58. The molecule has 2 aromatic carbocycles. The highest BCUT2D eigenvalue weighted by atomic mass is 32.1. The van der Waals surface area contributed by atoms with Crippen LogP contribution in [0.3, 0.4) is 0 Å². The third-order valence-corrected chi connectivity index (χ3v) is 6.33. The van der Waals surface area contributed by atoms with Crippen molar-refractivity contribution in [2.24, 2.45) is 0 Å². The van der Waals surface area contributed by atoms with Crippen molar-refractivity contribution in [1.29, 1.82) is 0 Å². The second kappa shape index (κ2) is 6.86. The highest BCUT2D eigenvalue weighted by molar-refractivity contribution is 7.08. The van der Waals surface area contributed by atoms with Gasteiger partial charge in [0.2, 0.25) is 0 Å². The Labute approximate surface area is 163 Å². The number of thiophene rings is 1. The molecule has 2 aliphatic rings. The van der Waals surface area contributed by atoms with Crippen LogP contribution >= 0.6 is 11.3 Å². The minimum Gasteiger partial charge on any atom is -0.493 e. The summed E-state index contributed by atoms with van der Waals surface area (Å²) in [7, 11) is 0. The van der Waals surface area contributed by atoms with Crippen molar-refractivity contribution in [3.8, 4) is 16.9 Å². The molecule has 5 rings (SSSR count). The molecule has 1 saturated heterocycles. The highest BCUT2D eigenvalue weighted by Crippen LogP contribution is 2.33. The summed E-state index contributed by atoms with van der Waals surface area (Å²) < 4.78 is 5.61. The zero-order chi connectivity index (χ0) is 18.2. The van der Waals surface area contributed by atoms with Crippen LogP contribution in [-0.4, -0.2) is 30.5 Å². The average molecular weight is 375 g/mol. The number of likely N-dealkylation sites (tertiary alicyclic amines) is 1. The quantitative estimate of drug-likeness (QED) is 0.646. The van der Waals surface area contributed by atoms with Crippen LogP contribution in [0.15, 0.2) is 59.3 Å². The Hall–Kier alpha value is -2.59. The van der Waals surface area contributed by atoms with Gasteiger partial charge in [0, 0.05) is 31.0 Å². The maximum Gasteiger partial charge on any atom is 0.253 e. The number of amides is 1. The lowest BCUT2D eigenvalue weighted by Gasteiger charge is -2.17. The Bertz CT molecular complexity index is 963. The number of fused-ring (bicyclic) bond motifs is 1. The van der Waals surface area contributed by atoms with Gasteiger partial charge in [-0.1, -0.05) is 24.3 Å². The summed E-state index contributed by atoms with van der Waals surface area (Å²) in [6, 6.07) is 16.6. The number of carbonyl (C=O) groups is 1. The first kappa shape index (κ1) is 16.6. The maximum absolute atomic E-state index is 12.9. The third-order valence-electron chi connectivity index (χ3n) is 5.65. The Morgan fingerprint density at radius 1 is 1.07 bits per heavy atom. The van der Waals surface area contributed by atoms with Gasteiger partial charge in [-0.05, 0) is 63.7 Å². The van der Waals surface area contributed by atoms with Crippen LogP contribution in [0, 0.1) is 0 Å². The number of carbonyl (C=O) groups excluding carboxylic acids is 1. The molecule has 0 saturated carbocycles. The van der Waals surface area contributed by atoms with Gasteiger partial charge in [-0.2, -0.15) is 11.3 Å². The molecule has 0 N–H and O–H groups in total. The first-order chi connectivity index (χ1) is 13.3. The van der Waals surface area contributed by atoms with E-state index in [0.717, 1.165) is 49.4 Å². The molecule has 1 atom stereocenters. The Balaban J connectivity index is 1.29. The predicted octanol–water partition coefficient (Wildman–Crippen LogP) is 4.98. The fourth-order valence-corrected chi connectivity index (χ4v) is 4.76. The standard InChI is InChI=1S/C23H21NO2S/c25-23(17-3-1-16(2-4-17)21-9-12-27-15-21)24-10-7-20(14-24)18-5-6-22-19(13-18)8-11-26-22/h1-6,9,12-13,15,20H,7-8,10-11,14H2. The number of ether oxygens (including phenoxy) is 1. The van der Waals surface area contributed by atoms with E-state index < -0.39 is 0 Å². The van der Waals surface area contributed by atoms with Crippen LogP contribution in [0.5, 0.6) is 5.75 Å². The van der Waals surface area contributed by atoms with Crippen LogP contribution in [-0.2, 0) is 6.42 Å². The zero-order valence-electron chi connectivity index (χ0n) is 15.1. The fraction of sp³-hybridized carbons (Fsp3) is 0.261. The van der Waals surface area contributed by atoms with Crippen molar-refractivity contribution in [1.82, 2.24) is 4.90 Å². The SMILES string of the molecule is O=C(c1ccc(-c2ccsc2)cc1)N1CCC(c2ccc3c(c2)CCO3)C1. The second-order valence-corrected chi connectivity index (χ2v) is 8.07. The van der Waals surface area contributed by atoms with Crippen molar-refractivity contribution >= 4 is 17.2 Å². The molecule has 2 aliphatic heterocycles. The largest absolute Gasteiger partial charge is 0.493 e. The molecule has 0 bridgehead atoms. The average Bonchev–Trinajstić information content (AvgIpc) is 3.48. The lowest BCUT2D eigenvalue weighted by molar-refractivity contribution is 0.0791. The van der Waals surface area contributed by atoms with Crippen LogP contribution in [0.25, 0.3) is 11.1 Å². The van der Waals surface area contributed by atoms with E-state index in [-0.39, 0.29) is 5.91 Å². The number of rotatable bonds is 3. The fourth-order valence-electron chi connectivity index (χ4n) is 4.09. The summed E-state index contributed by atoms with van der Waals surface area (Å²) in [5.41, 5.74) is 5.79. The molecule has 0 radical (unpaired) electrons. The summed E-state index contributed by atoms with van der Waals surface area (Å²) in [6.45, 7) is 2.41. The van der Waals surface area contributed by atoms with Crippen LogP contribution < -0.4 is 4.74 Å². The number of benzene rings is 2. The first-order valence-electron chi connectivity index (χ1n) is 9.45. The molecule has 3 nitrogen and oxygen atoms in total. The molecule has 3 aromatic rings. The molecule has 1 unspecified atom stereocenters. The van der Waals surface area contributed by atoms with E-state index in [9.17, 15) is 4.79 Å². The van der Waals surface area contributed by atoms with Crippen LogP contribution in [0.4, 0.5) is 0 Å². The van der Waals surface area contributed by atoms with E-state index in [1.807, 2.05) is 29.2 Å². The highest BCUT2D eigenvalue weighted by Gasteiger charge is 2.28. The van der Waals surface area contributed by atoms with Gasteiger partial charge in [0.05, 0.1) is 6.61 Å². The molecule has 1 fully saturated rings. The topological polar surface area (TPSA) is 29.5 Å². The van der Waals surface area contributed by atoms with Gasteiger partial charge in [0.25, 0.3) is 5.91 Å². The van der Waals surface area contributed by atoms with E-state index >= 15 is 0 Å². The lowest BCUT2D eigenvalue weighted by Crippen LogP contribution is -2.28. The van der Waals surface area contributed by atoms with E-state index in [0.29, 0.717) is 5.92 Å². The third kappa shape index (κ3) is 3.15. The van der Waals surface area contributed by atoms with Gasteiger partial charge in [-0.15, -0.1) is 0 Å². The predicted molar refractivity (Wildman–Crippen MR) is 109 cm³/mol. The van der Waals surface area contributed by atoms with Gasteiger partial charge in [-0.3, -0.25) is 4.79 Å². The summed E-state index contributed by atoms with van der Waals surface area (Å²) in [5, 5.41) is 4.20. The second-order valence-electron chi connectivity index (χ2n) is 7.29. The van der Waals surface area contributed by atoms with E-state index in [4.69, 9.17) is 4.74 Å². The first-order valence-corrected chi connectivity index (χ1v) is 10.4.